The number of aryl methyl sites for hydroxylation is 1. The van der Waals surface area contributed by atoms with Gasteiger partial charge in [-0.25, -0.2) is 14.4 Å². The summed E-state index contributed by atoms with van der Waals surface area (Å²) < 4.78 is 12.9. The summed E-state index contributed by atoms with van der Waals surface area (Å²) in [5, 5.41) is 3.79. The summed E-state index contributed by atoms with van der Waals surface area (Å²) in [5.74, 6) is 1.16. The van der Waals surface area contributed by atoms with Crippen molar-refractivity contribution in [1.82, 2.24) is 9.97 Å². The SMILES string of the molecule is Cc1nc(Cl)c(C)c(NC(C)Cc2ccc(F)cc2)n1. The molecule has 2 rings (SSSR count). The molecule has 1 N–H and O–H groups in total. The maximum atomic E-state index is 12.9. The molecule has 0 spiro atoms. The minimum atomic E-state index is -0.219. The van der Waals surface area contributed by atoms with Gasteiger partial charge >= 0.3 is 0 Å². The summed E-state index contributed by atoms with van der Waals surface area (Å²) in [4.78, 5) is 8.47. The lowest BCUT2D eigenvalue weighted by molar-refractivity contribution is 0.626. The molecule has 0 aliphatic rings. The number of rotatable bonds is 4. The van der Waals surface area contributed by atoms with Gasteiger partial charge in [0.05, 0.1) is 0 Å². The average molecular weight is 294 g/mol. The third kappa shape index (κ3) is 3.67. The maximum absolute atomic E-state index is 12.9. The lowest BCUT2D eigenvalue weighted by atomic mass is 10.1. The molecule has 3 nitrogen and oxygen atoms in total. The molecule has 1 aromatic carbocycles. The molecule has 2 aromatic rings. The minimum Gasteiger partial charge on any atom is -0.367 e. The second-order valence-electron chi connectivity index (χ2n) is 4.91. The largest absolute Gasteiger partial charge is 0.367 e. The summed E-state index contributed by atoms with van der Waals surface area (Å²) in [6.45, 7) is 5.74. The number of nitrogens with zero attached hydrogens (tertiary/aromatic N) is 2. The van der Waals surface area contributed by atoms with Crippen LogP contribution in [0.4, 0.5) is 10.2 Å². The van der Waals surface area contributed by atoms with Gasteiger partial charge in [0.25, 0.3) is 0 Å². The molecule has 5 heteroatoms. The van der Waals surface area contributed by atoms with Crippen molar-refractivity contribution in [3.63, 3.8) is 0 Å². The van der Waals surface area contributed by atoms with Gasteiger partial charge in [0, 0.05) is 11.6 Å². The first-order valence-corrected chi connectivity index (χ1v) is 6.85. The molecule has 106 valence electrons. The third-order valence-electron chi connectivity index (χ3n) is 3.04. The Morgan fingerprint density at radius 3 is 2.50 bits per heavy atom. The van der Waals surface area contributed by atoms with Gasteiger partial charge < -0.3 is 5.32 Å². The first-order chi connectivity index (χ1) is 9.45. The van der Waals surface area contributed by atoms with Gasteiger partial charge in [-0.05, 0) is 44.9 Å². The Morgan fingerprint density at radius 2 is 1.85 bits per heavy atom. The van der Waals surface area contributed by atoms with Gasteiger partial charge in [-0.3, -0.25) is 0 Å². The highest BCUT2D eigenvalue weighted by Crippen LogP contribution is 2.20. The fraction of sp³-hybridized carbons (Fsp3) is 0.333. The van der Waals surface area contributed by atoms with Crippen LogP contribution in [0.2, 0.25) is 5.15 Å². The van der Waals surface area contributed by atoms with E-state index >= 15 is 0 Å². The highest BCUT2D eigenvalue weighted by atomic mass is 35.5. The zero-order chi connectivity index (χ0) is 14.7. The molecular weight excluding hydrogens is 277 g/mol. The van der Waals surface area contributed by atoms with Crippen molar-refractivity contribution in [2.45, 2.75) is 33.2 Å². The molecular formula is C15H17ClFN3. The topological polar surface area (TPSA) is 37.8 Å². The van der Waals surface area contributed by atoms with E-state index in [9.17, 15) is 4.39 Å². The number of benzene rings is 1. The average Bonchev–Trinajstić information content (AvgIpc) is 2.38. The Kier molecular flexibility index (Phi) is 4.55. The standard InChI is InChI=1S/C15H17ClFN3/c1-9(8-12-4-6-13(17)7-5-12)18-15-10(2)14(16)19-11(3)20-15/h4-7,9H,8H2,1-3H3,(H,18,19,20). The quantitative estimate of drug-likeness (QED) is 0.868. The van der Waals surface area contributed by atoms with E-state index in [0.29, 0.717) is 11.0 Å². The van der Waals surface area contributed by atoms with E-state index in [1.165, 1.54) is 12.1 Å². The number of hydrogen-bond donors (Lipinski definition) is 1. The van der Waals surface area contributed by atoms with E-state index in [1.807, 2.05) is 13.8 Å². The molecule has 0 saturated carbocycles. The first-order valence-electron chi connectivity index (χ1n) is 6.47. The van der Waals surface area contributed by atoms with E-state index in [2.05, 4.69) is 15.3 Å². The fourth-order valence-electron chi connectivity index (χ4n) is 1.99. The van der Waals surface area contributed by atoms with Crippen LogP contribution in [0.15, 0.2) is 24.3 Å². The molecule has 0 bridgehead atoms. The van der Waals surface area contributed by atoms with Crippen LogP contribution >= 0.6 is 11.6 Å². The van der Waals surface area contributed by atoms with Crippen LogP contribution in [0, 0.1) is 19.7 Å². The summed E-state index contributed by atoms with van der Waals surface area (Å²) >= 11 is 6.05. The normalized spacial score (nSPS) is 12.2. The Balaban J connectivity index is 2.08. The number of aromatic nitrogens is 2. The van der Waals surface area contributed by atoms with Gasteiger partial charge in [-0.2, -0.15) is 0 Å². The van der Waals surface area contributed by atoms with Crippen molar-refractivity contribution in [3.8, 4) is 0 Å². The lowest BCUT2D eigenvalue weighted by Crippen LogP contribution is -2.20. The molecule has 0 amide bonds. The van der Waals surface area contributed by atoms with Crippen molar-refractivity contribution >= 4 is 17.4 Å². The van der Waals surface area contributed by atoms with Gasteiger partial charge in [-0.15, -0.1) is 0 Å². The molecule has 1 atom stereocenters. The monoisotopic (exact) mass is 293 g/mol. The van der Waals surface area contributed by atoms with Crippen LogP contribution in [0.1, 0.15) is 23.9 Å². The highest BCUT2D eigenvalue weighted by Gasteiger charge is 2.10. The molecule has 0 aliphatic heterocycles. The van der Waals surface area contributed by atoms with Gasteiger partial charge in [0.15, 0.2) is 0 Å². The first kappa shape index (κ1) is 14.7. The highest BCUT2D eigenvalue weighted by molar-refractivity contribution is 6.30. The van der Waals surface area contributed by atoms with Crippen LogP contribution in [-0.4, -0.2) is 16.0 Å². The Morgan fingerprint density at radius 1 is 1.20 bits per heavy atom. The second-order valence-corrected chi connectivity index (χ2v) is 5.27. The molecule has 1 unspecified atom stereocenters. The molecule has 0 radical (unpaired) electrons. The molecule has 20 heavy (non-hydrogen) atoms. The van der Waals surface area contributed by atoms with Crippen molar-refractivity contribution < 1.29 is 4.39 Å². The smallest absolute Gasteiger partial charge is 0.137 e. The minimum absolute atomic E-state index is 0.157. The predicted molar refractivity (Wildman–Crippen MR) is 79.7 cm³/mol. The summed E-state index contributed by atoms with van der Waals surface area (Å²) in [7, 11) is 0. The van der Waals surface area contributed by atoms with E-state index in [0.717, 1.165) is 23.4 Å². The van der Waals surface area contributed by atoms with Crippen LogP contribution in [0.3, 0.4) is 0 Å². The van der Waals surface area contributed by atoms with Crippen LogP contribution < -0.4 is 5.32 Å². The lowest BCUT2D eigenvalue weighted by Gasteiger charge is -2.17. The van der Waals surface area contributed by atoms with E-state index in [-0.39, 0.29) is 11.9 Å². The molecule has 0 fully saturated rings. The van der Waals surface area contributed by atoms with Gasteiger partial charge in [0.1, 0.15) is 22.6 Å². The Hall–Kier alpha value is -1.68. The van der Waals surface area contributed by atoms with Gasteiger partial charge in [-0.1, -0.05) is 23.7 Å². The number of hydrogen-bond acceptors (Lipinski definition) is 3. The predicted octanol–water partition coefficient (Wildman–Crippen LogP) is 3.93. The van der Waals surface area contributed by atoms with Crippen LogP contribution in [0.25, 0.3) is 0 Å². The fourth-order valence-corrected chi connectivity index (χ4v) is 2.21. The Labute approximate surface area is 123 Å². The number of halogens is 2. The van der Waals surface area contributed by atoms with Crippen molar-refractivity contribution in [3.05, 3.63) is 52.2 Å². The Bertz CT molecular complexity index is 599. The summed E-state index contributed by atoms with van der Waals surface area (Å²) in [5.41, 5.74) is 1.91. The molecule has 1 heterocycles. The summed E-state index contributed by atoms with van der Waals surface area (Å²) in [6, 6.07) is 6.68. The van der Waals surface area contributed by atoms with Crippen LogP contribution in [-0.2, 0) is 6.42 Å². The van der Waals surface area contributed by atoms with Crippen molar-refractivity contribution in [1.29, 1.82) is 0 Å². The maximum Gasteiger partial charge on any atom is 0.137 e. The second kappa shape index (κ2) is 6.18. The van der Waals surface area contributed by atoms with Crippen LogP contribution in [0.5, 0.6) is 0 Å². The molecule has 0 aliphatic carbocycles. The van der Waals surface area contributed by atoms with Crippen molar-refractivity contribution in [2.75, 3.05) is 5.32 Å². The van der Waals surface area contributed by atoms with E-state index < -0.39 is 0 Å². The van der Waals surface area contributed by atoms with E-state index in [4.69, 9.17) is 11.6 Å². The van der Waals surface area contributed by atoms with Gasteiger partial charge in [0.2, 0.25) is 0 Å². The molecule has 0 saturated heterocycles. The number of anilines is 1. The third-order valence-corrected chi connectivity index (χ3v) is 3.40. The summed E-state index contributed by atoms with van der Waals surface area (Å²) in [6.07, 6.45) is 0.778. The van der Waals surface area contributed by atoms with E-state index in [1.54, 1.807) is 19.1 Å². The van der Waals surface area contributed by atoms with Crippen molar-refractivity contribution in [2.24, 2.45) is 0 Å². The number of nitrogens with one attached hydrogen (secondary N) is 1. The zero-order valence-electron chi connectivity index (χ0n) is 11.7. The zero-order valence-corrected chi connectivity index (χ0v) is 12.5. The molecule has 1 aromatic heterocycles.